The van der Waals surface area contributed by atoms with Crippen LogP contribution in [0, 0.1) is 17.3 Å². The molecular weight excluding hydrogens is 530 g/mol. The van der Waals surface area contributed by atoms with Crippen molar-refractivity contribution in [1.29, 1.82) is 0 Å². The summed E-state index contributed by atoms with van der Waals surface area (Å²) in [4.78, 5) is 26.5. The summed E-state index contributed by atoms with van der Waals surface area (Å²) in [6.45, 7) is 9.92. The Balaban J connectivity index is 2.05. The van der Waals surface area contributed by atoms with Gasteiger partial charge in [-0.15, -0.1) is 0 Å². The van der Waals surface area contributed by atoms with Gasteiger partial charge < -0.3 is 19.5 Å². The molecule has 1 amide bonds. The van der Waals surface area contributed by atoms with Crippen LogP contribution < -0.4 is 4.74 Å². The van der Waals surface area contributed by atoms with Crippen molar-refractivity contribution in [3.8, 4) is 17.6 Å². The Bertz CT molecular complexity index is 1380. The van der Waals surface area contributed by atoms with Gasteiger partial charge in [0.1, 0.15) is 5.75 Å². The summed E-state index contributed by atoms with van der Waals surface area (Å²) < 4.78 is 37.5. The lowest BCUT2D eigenvalue weighted by Gasteiger charge is -2.28. The molecule has 0 saturated carbocycles. The molecule has 0 bridgehead atoms. The second kappa shape index (κ2) is 11.8. The van der Waals surface area contributed by atoms with Crippen molar-refractivity contribution in [2.75, 3.05) is 26.3 Å². The molecule has 10 heteroatoms. The third-order valence-electron chi connectivity index (χ3n) is 5.98. The number of hydrogen-bond donors (Lipinski definition) is 1. The van der Waals surface area contributed by atoms with Crippen molar-refractivity contribution in [3.05, 3.63) is 58.1 Å². The van der Waals surface area contributed by atoms with Crippen molar-refractivity contribution >= 4 is 33.3 Å². The second-order valence-electron chi connectivity index (χ2n) is 10.3. The van der Waals surface area contributed by atoms with Gasteiger partial charge in [-0.2, -0.15) is 0 Å². The molecule has 204 valence electrons. The maximum absolute atomic E-state index is 13.2. The summed E-state index contributed by atoms with van der Waals surface area (Å²) in [6, 6.07) is 9.13. The number of sulfone groups is 1. The number of aliphatic carboxylic acids is 1. The topological polar surface area (TPSA) is 110 Å². The Morgan fingerprint density at radius 1 is 1.08 bits per heavy atom. The molecule has 1 aliphatic rings. The minimum absolute atomic E-state index is 0.0861. The largest absolute Gasteiger partial charge is 0.478 e. The summed E-state index contributed by atoms with van der Waals surface area (Å²) in [7, 11) is -3.81. The Hall–Kier alpha value is -3.06. The van der Waals surface area contributed by atoms with Gasteiger partial charge in [0.05, 0.1) is 34.5 Å². The van der Waals surface area contributed by atoms with Gasteiger partial charge in [0, 0.05) is 29.1 Å². The number of nitrogens with zero attached hydrogens (tertiary/aromatic N) is 1. The van der Waals surface area contributed by atoms with Crippen LogP contribution in [-0.4, -0.2) is 68.0 Å². The molecular formula is C28H32ClNO7S. The van der Waals surface area contributed by atoms with Crippen molar-refractivity contribution < 1.29 is 32.6 Å². The van der Waals surface area contributed by atoms with Crippen molar-refractivity contribution in [1.82, 2.24) is 4.90 Å². The van der Waals surface area contributed by atoms with Crippen molar-refractivity contribution in [3.63, 3.8) is 0 Å². The van der Waals surface area contributed by atoms with E-state index in [2.05, 4.69) is 11.8 Å². The molecule has 1 N–H and O–H groups in total. The molecule has 1 heterocycles. The molecule has 1 saturated heterocycles. The van der Waals surface area contributed by atoms with Gasteiger partial charge in [-0.25, -0.2) is 13.2 Å². The Morgan fingerprint density at radius 3 is 2.32 bits per heavy atom. The van der Waals surface area contributed by atoms with E-state index >= 15 is 0 Å². The van der Waals surface area contributed by atoms with Crippen LogP contribution in [0.1, 0.15) is 56.1 Å². The van der Waals surface area contributed by atoms with Gasteiger partial charge in [-0.1, -0.05) is 44.2 Å². The molecule has 2 aromatic rings. The zero-order chi connectivity index (χ0) is 28.3. The van der Waals surface area contributed by atoms with Crippen LogP contribution in [-0.2, 0) is 19.4 Å². The molecule has 1 aliphatic heterocycles. The van der Waals surface area contributed by atoms with Crippen LogP contribution in [0.2, 0.25) is 5.02 Å². The zero-order valence-corrected chi connectivity index (χ0v) is 23.6. The number of ether oxygens (including phenoxy) is 2. The number of hydrogen-bond acceptors (Lipinski definition) is 6. The van der Waals surface area contributed by atoms with Crippen LogP contribution >= 0.6 is 11.6 Å². The fraction of sp³-hybridized carbons (Fsp3) is 0.429. The zero-order valence-electron chi connectivity index (χ0n) is 22.1. The first-order chi connectivity index (χ1) is 17.7. The van der Waals surface area contributed by atoms with E-state index in [1.54, 1.807) is 63.8 Å². The molecule has 0 radical (unpaired) electrons. The van der Waals surface area contributed by atoms with Gasteiger partial charge in [0.25, 0.3) is 5.91 Å². The Kier molecular flexibility index (Phi) is 9.13. The summed E-state index contributed by atoms with van der Waals surface area (Å²) >= 11 is 6.17. The fourth-order valence-electron chi connectivity index (χ4n) is 3.77. The molecule has 0 aromatic heterocycles. The lowest BCUT2D eigenvalue weighted by atomic mass is 9.89. The summed E-state index contributed by atoms with van der Waals surface area (Å²) in [5.74, 6) is 4.59. The number of carbonyl (C=O) groups is 2. The SMILES string of the molecule is CC(C)S(=O)(=O)c1cc(C#Cc2cc(Cl)ccc2OC(C(=O)O)C(C)(C)C)ccc1C(=O)N1CCOCC1. The van der Waals surface area contributed by atoms with E-state index in [0.717, 1.165) is 0 Å². The highest BCUT2D eigenvalue weighted by molar-refractivity contribution is 7.92. The highest BCUT2D eigenvalue weighted by Crippen LogP contribution is 2.29. The third kappa shape index (κ3) is 6.87. The van der Waals surface area contributed by atoms with Gasteiger partial charge in [-0.3, -0.25) is 4.79 Å². The lowest BCUT2D eigenvalue weighted by Crippen LogP contribution is -2.41. The smallest absolute Gasteiger partial charge is 0.345 e. The standard InChI is InChI=1S/C28H32ClNO7S/c1-18(2)38(34,35)24-16-19(7-10-22(24)26(31)30-12-14-36-15-13-30)6-8-20-17-21(29)9-11-23(20)37-25(27(32)33)28(3,4)5/h7,9-11,16-18,25H,12-15H2,1-5H3,(H,32,33). The first-order valence-electron chi connectivity index (χ1n) is 12.2. The summed E-state index contributed by atoms with van der Waals surface area (Å²) in [6.07, 6.45) is -1.14. The van der Waals surface area contributed by atoms with E-state index in [-0.39, 0.29) is 22.1 Å². The van der Waals surface area contributed by atoms with Crippen LogP contribution in [0.5, 0.6) is 5.75 Å². The average molecular weight is 562 g/mol. The lowest BCUT2D eigenvalue weighted by molar-refractivity contribution is -0.150. The normalized spacial score (nSPS) is 15.0. The van der Waals surface area contributed by atoms with Crippen LogP contribution in [0.4, 0.5) is 0 Å². The van der Waals surface area contributed by atoms with Gasteiger partial charge in [-0.05, 0) is 50.2 Å². The number of carboxylic acid groups (broad SMARTS) is 1. The molecule has 38 heavy (non-hydrogen) atoms. The monoisotopic (exact) mass is 561 g/mol. The first kappa shape index (κ1) is 29.5. The number of carboxylic acids is 1. The number of benzene rings is 2. The van der Waals surface area contributed by atoms with Crippen molar-refractivity contribution in [2.45, 2.75) is 50.9 Å². The van der Waals surface area contributed by atoms with E-state index < -0.39 is 32.6 Å². The maximum Gasteiger partial charge on any atom is 0.345 e. The van der Waals surface area contributed by atoms with E-state index in [0.29, 0.717) is 42.5 Å². The molecule has 0 spiro atoms. The van der Waals surface area contributed by atoms with Crippen LogP contribution in [0.25, 0.3) is 0 Å². The number of morpholine rings is 1. The van der Waals surface area contributed by atoms with Gasteiger partial charge in [0.15, 0.2) is 15.9 Å². The maximum atomic E-state index is 13.2. The molecule has 2 aromatic carbocycles. The van der Waals surface area contributed by atoms with E-state index in [1.807, 2.05) is 0 Å². The number of amides is 1. The van der Waals surface area contributed by atoms with Crippen LogP contribution in [0.3, 0.4) is 0 Å². The number of halogens is 1. The highest BCUT2D eigenvalue weighted by atomic mass is 35.5. The minimum Gasteiger partial charge on any atom is -0.478 e. The predicted molar refractivity (Wildman–Crippen MR) is 144 cm³/mol. The van der Waals surface area contributed by atoms with Gasteiger partial charge >= 0.3 is 5.97 Å². The van der Waals surface area contributed by atoms with Gasteiger partial charge in [0.2, 0.25) is 0 Å². The summed E-state index contributed by atoms with van der Waals surface area (Å²) in [5.41, 5.74) is 0.0977. The number of rotatable bonds is 6. The fourth-order valence-corrected chi connectivity index (χ4v) is 5.20. The quantitative estimate of drug-likeness (QED) is 0.524. The average Bonchev–Trinajstić information content (AvgIpc) is 2.85. The Labute approximate surface area is 228 Å². The Morgan fingerprint density at radius 2 is 1.74 bits per heavy atom. The van der Waals surface area contributed by atoms with Crippen LogP contribution in [0.15, 0.2) is 41.3 Å². The molecule has 3 rings (SSSR count). The summed E-state index contributed by atoms with van der Waals surface area (Å²) in [5, 5.41) is 9.28. The highest BCUT2D eigenvalue weighted by Gasteiger charge is 2.34. The molecule has 1 unspecified atom stereocenters. The predicted octanol–water partition coefficient (Wildman–Crippen LogP) is 4.27. The first-order valence-corrected chi connectivity index (χ1v) is 14.1. The molecule has 0 aliphatic carbocycles. The minimum atomic E-state index is -3.81. The third-order valence-corrected chi connectivity index (χ3v) is 8.40. The van der Waals surface area contributed by atoms with E-state index in [4.69, 9.17) is 21.1 Å². The van der Waals surface area contributed by atoms with Crippen molar-refractivity contribution in [2.24, 2.45) is 5.41 Å². The number of carbonyl (C=O) groups excluding carboxylic acids is 1. The molecule has 1 atom stereocenters. The second-order valence-corrected chi connectivity index (χ2v) is 13.2. The van der Waals surface area contributed by atoms with E-state index in [9.17, 15) is 23.1 Å². The molecule has 8 nitrogen and oxygen atoms in total. The van der Waals surface area contributed by atoms with E-state index in [1.165, 1.54) is 12.1 Å². The molecule has 1 fully saturated rings.